The smallest absolute Gasteiger partial charge is 0.303 e. The molecule has 1 aromatic carbocycles. The second-order valence-corrected chi connectivity index (χ2v) is 4.86. The molecule has 100 valence electrons. The Morgan fingerprint density at radius 2 is 2.11 bits per heavy atom. The van der Waals surface area contributed by atoms with Crippen LogP contribution in [0.5, 0.6) is 5.75 Å². The van der Waals surface area contributed by atoms with Crippen LogP contribution >= 0.6 is 0 Å². The highest BCUT2D eigenvalue weighted by molar-refractivity contribution is 5.66. The largest absolute Gasteiger partial charge is 0.491 e. The SMILES string of the molecule is CCOc1ccc(C(C)(C)CCC(=O)O)cc1F. The number of hydrogen-bond donors (Lipinski definition) is 1. The molecule has 0 saturated heterocycles. The van der Waals surface area contributed by atoms with Gasteiger partial charge in [-0.15, -0.1) is 0 Å². The fraction of sp³-hybridized carbons (Fsp3) is 0.500. The lowest BCUT2D eigenvalue weighted by Crippen LogP contribution is -2.19. The normalized spacial score (nSPS) is 11.3. The molecule has 0 amide bonds. The van der Waals surface area contributed by atoms with Crippen molar-refractivity contribution in [1.82, 2.24) is 0 Å². The topological polar surface area (TPSA) is 46.5 Å². The Hall–Kier alpha value is -1.58. The Morgan fingerprint density at radius 3 is 2.61 bits per heavy atom. The third-order valence-electron chi connectivity index (χ3n) is 2.98. The molecule has 0 saturated carbocycles. The van der Waals surface area contributed by atoms with Gasteiger partial charge in [-0.25, -0.2) is 4.39 Å². The fourth-order valence-corrected chi connectivity index (χ4v) is 1.76. The second kappa shape index (κ2) is 5.85. The van der Waals surface area contributed by atoms with E-state index in [0.29, 0.717) is 13.0 Å². The summed E-state index contributed by atoms with van der Waals surface area (Å²) in [5.41, 5.74) is 0.411. The van der Waals surface area contributed by atoms with Crippen LogP contribution in [-0.4, -0.2) is 17.7 Å². The van der Waals surface area contributed by atoms with Crippen LogP contribution in [0.2, 0.25) is 0 Å². The number of benzene rings is 1. The van der Waals surface area contributed by atoms with Gasteiger partial charge in [-0.05, 0) is 36.5 Å². The molecule has 0 aliphatic heterocycles. The molecule has 1 rings (SSSR count). The minimum Gasteiger partial charge on any atom is -0.491 e. The summed E-state index contributed by atoms with van der Waals surface area (Å²) in [7, 11) is 0. The predicted molar refractivity (Wildman–Crippen MR) is 67.5 cm³/mol. The van der Waals surface area contributed by atoms with Gasteiger partial charge < -0.3 is 9.84 Å². The van der Waals surface area contributed by atoms with E-state index in [4.69, 9.17) is 9.84 Å². The first-order valence-corrected chi connectivity index (χ1v) is 6.01. The van der Waals surface area contributed by atoms with Crippen molar-refractivity contribution >= 4 is 5.97 Å². The van der Waals surface area contributed by atoms with Crippen molar-refractivity contribution in [3.05, 3.63) is 29.6 Å². The first-order chi connectivity index (χ1) is 8.36. The lowest BCUT2D eigenvalue weighted by molar-refractivity contribution is -0.137. The van der Waals surface area contributed by atoms with Gasteiger partial charge in [0.25, 0.3) is 0 Å². The number of aliphatic carboxylic acids is 1. The van der Waals surface area contributed by atoms with E-state index in [0.717, 1.165) is 5.56 Å². The molecule has 0 spiro atoms. The van der Waals surface area contributed by atoms with Gasteiger partial charge in [0.05, 0.1) is 6.61 Å². The van der Waals surface area contributed by atoms with Gasteiger partial charge in [-0.3, -0.25) is 4.79 Å². The van der Waals surface area contributed by atoms with Crippen LogP contribution in [0.4, 0.5) is 4.39 Å². The van der Waals surface area contributed by atoms with E-state index >= 15 is 0 Å². The Bertz CT molecular complexity index is 427. The molecule has 0 atom stereocenters. The van der Waals surface area contributed by atoms with E-state index in [1.165, 1.54) is 6.07 Å². The van der Waals surface area contributed by atoms with E-state index in [-0.39, 0.29) is 17.6 Å². The van der Waals surface area contributed by atoms with E-state index in [1.807, 2.05) is 13.8 Å². The van der Waals surface area contributed by atoms with Gasteiger partial charge in [0.15, 0.2) is 11.6 Å². The Kier molecular flexibility index (Phi) is 4.70. The lowest BCUT2D eigenvalue weighted by atomic mass is 9.80. The zero-order valence-corrected chi connectivity index (χ0v) is 11.0. The third-order valence-corrected chi connectivity index (χ3v) is 2.98. The summed E-state index contributed by atoms with van der Waals surface area (Å²) in [6.45, 7) is 6.03. The van der Waals surface area contributed by atoms with Crippen LogP contribution in [0, 0.1) is 5.82 Å². The average Bonchev–Trinajstić information content (AvgIpc) is 2.29. The standard InChI is InChI=1S/C14H19FO3/c1-4-18-12-6-5-10(9-11(12)15)14(2,3)8-7-13(16)17/h5-6,9H,4,7-8H2,1-3H3,(H,16,17). The number of carbonyl (C=O) groups is 1. The van der Waals surface area contributed by atoms with E-state index < -0.39 is 11.8 Å². The third kappa shape index (κ3) is 3.72. The van der Waals surface area contributed by atoms with Crippen molar-refractivity contribution in [2.75, 3.05) is 6.61 Å². The molecule has 0 bridgehead atoms. The minimum absolute atomic E-state index is 0.0713. The molecule has 0 unspecified atom stereocenters. The van der Waals surface area contributed by atoms with Crippen molar-refractivity contribution in [3.63, 3.8) is 0 Å². The van der Waals surface area contributed by atoms with Crippen molar-refractivity contribution in [3.8, 4) is 5.75 Å². The monoisotopic (exact) mass is 254 g/mol. The quantitative estimate of drug-likeness (QED) is 0.846. The maximum absolute atomic E-state index is 13.7. The molecule has 0 heterocycles. The maximum Gasteiger partial charge on any atom is 0.303 e. The number of rotatable bonds is 6. The zero-order chi connectivity index (χ0) is 13.8. The van der Waals surface area contributed by atoms with Crippen LogP contribution in [0.1, 0.15) is 39.2 Å². The average molecular weight is 254 g/mol. The van der Waals surface area contributed by atoms with Gasteiger partial charge in [-0.1, -0.05) is 19.9 Å². The van der Waals surface area contributed by atoms with Crippen LogP contribution < -0.4 is 4.74 Å². The zero-order valence-electron chi connectivity index (χ0n) is 11.0. The summed E-state index contributed by atoms with van der Waals surface area (Å²) in [4.78, 5) is 10.6. The second-order valence-electron chi connectivity index (χ2n) is 4.86. The summed E-state index contributed by atoms with van der Waals surface area (Å²) in [6.07, 6.45) is 0.539. The number of carboxylic acids is 1. The Labute approximate surface area is 107 Å². The summed E-state index contributed by atoms with van der Waals surface area (Å²) in [5, 5.41) is 8.70. The molecular weight excluding hydrogens is 235 g/mol. The highest BCUT2D eigenvalue weighted by Crippen LogP contribution is 2.31. The molecule has 1 aromatic rings. The highest BCUT2D eigenvalue weighted by Gasteiger charge is 2.23. The first-order valence-electron chi connectivity index (χ1n) is 6.01. The maximum atomic E-state index is 13.7. The Morgan fingerprint density at radius 1 is 1.44 bits per heavy atom. The molecule has 0 aliphatic carbocycles. The van der Waals surface area contributed by atoms with E-state index in [9.17, 15) is 9.18 Å². The van der Waals surface area contributed by atoms with Gasteiger partial charge in [0.1, 0.15) is 0 Å². The van der Waals surface area contributed by atoms with Crippen molar-refractivity contribution in [2.24, 2.45) is 0 Å². The molecule has 18 heavy (non-hydrogen) atoms. The molecule has 0 radical (unpaired) electrons. The van der Waals surface area contributed by atoms with E-state index in [2.05, 4.69) is 0 Å². The van der Waals surface area contributed by atoms with E-state index in [1.54, 1.807) is 19.1 Å². The molecule has 0 aromatic heterocycles. The van der Waals surface area contributed by atoms with Crippen molar-refractivity contribution in [2.45, 2.75) is 39.0 Å². The first kappa shape index (κ1) is 14.5. The molecule has 4 heteroatoms. The number of ether oxygens (including phenoxy) is 1. The van der Waals surface area contributed by atoms with Crippen LogP contribution in [0.25, 0.3) is 0 Å². The van der Waals surface area contributed by atoms with Gasteiger partial charge >= 0.3 is 5.97 Å². The number of hydrogen-bond acceptors (Lipinski definition) is 2. The lowest BCUT2D eigenvalue weighted by Gasteiger charge is -2.25. The van der Waals surface area contributed by atoms with Crippen LogP contribution in [0.3, 0.4) is 0 Å². The molecule has 0 fully saturated rings. The summed E-state index contributed by atoms with van der Waals surface area (Å²) >= 11 is 0. The van der Waals surface area contributed by atoms with Crippen LogP contribution in [0.15, 0.2) is 18.2 Å². The molecule has 0 aliphatic rings. The van der Waals surface area contributed by atoms with Gasteiger partial charge in [0, 0.05) is 6.42 Å². The highest BCUT2D eigenvalue weighted by atomic mass is 19.1. The van der Waals surface area contributed by atoms with Gasteiger partial charge in [0.2, 0.25) is 0 Å². The molecule has 3 nitrogen and oxygen atoms in total. The number of carboxylic acid groups (broad SMARTS) is 1. The molecular formula is C14H19FO3. The molecule has 1 N–H and O–H groups in total. The Balaban J connectivity index is 2.88. The fourth-order valence-electron chi connectivity index (χ4n) is 1.76. The minimum atomic E-state index is -0.838. The van der Waals surface area contributed by atoms with Crippen LogP contribution in [-0.2, 0) is 10.2 Å². The summed E-state index contributed by atoms with van der Waals surface area (Å²) < 4.78 is 18.9. The van der Waals surface area contributed by atoms with Gasteiger partial charge in [-0.2, -0.15) is 0 Å². The van der Waals surface area contributed by atoms with Crippen molar-refractivity contribution in [1.29, 1.82) is 0 Å². The van der Waals surface area contributed by atoms with Crippen molar-refractivity contribution < 1.29 is 19.0 Å². The summed E-state index contributed by atoms with van der Waals surface area (Å²) in [5.74, 6) is -1.01. The number of halogens is 1. The summed E-state index contributed by atoms with van der Waals surface area (Å²) in [6, 6.07) is 4.81. The predicted octanol–water partition coefficient (Wildman–Crippen LogP) is 3.37.